The first-order valence-corrected chi connectivity index (χ1v) is 5.49. The molecule has 0 fully saturated rings. The quantitative estimate of drug-likeness (QED) is 0.848. The van der Waals surface area contributed by atoms with Crippen LogP contribution in [-0.2, 0) is 6.42 Å². The molecular formula is C11H14IO. The van der Waals surface area contributed by atoms with Gasteiger partial charge in [-0.05, 0) is 46.2 Å². The molecule has 0 bridgehead atoms. The summed E-state index contributed by atoms with van der Waals surface area (Å²) in [7, 11) is 0. The maximum absolute atomic E-state index is 9.06. The van der Waals surface area contributed by atoms with E-state index in [1.54, 1.807) is 0 Å². The molecule has 0 saturated heterocycles. The largest absolute Gasteiger partial charge is 0.395 e. The van der Waals surface area contributed by atoms with Gasteiger partial charge in [-0.25, -0.2) is 0 Å². The van der Waals surface area contributed by atoms with Gasteiger partial charge in [0.25, 0.3) is 0 Å². The highest BCUT2D eigenvalue weighted by molar-refractivity contribution is 14.1. The number of aliphatic hydroxyl groups excluding tert-OH is 1. The van der Waals surface area contributed by atoms with E-state index in [1.165, 1.54) is 14.7 Å². The zero-order valence-electron chi connectivity index (χ0n) is 7.97. The van der Waals surface area contributed by atoms with E-state index in [0.717, 1.165) is 12.3 Å². The molecule has 0 unspecified atom stereocenters. The second kappa shape index (κ2) is 4.96. The second-order valence-corrected chi connectivity index (χ2v) is 4.22. The smallest absolute Gasteiger partial charge is 0.0534 e. The van der Waals surface area contributed by atoms with Crippen molar-refractivity contribution in [1.29, 1.82) is 0 Å². The van der Waals surface area contributed by atoms with E-state index in [0.29, 0.717) is 0 Å². The Bertz CT molecular complexity index is 283. The molecule has 1 rings (SSSR count). The minimum atomic E-state index is 0.146. The first-order valence-electron chi connectivity index (χ1n) is 4.41. The third-order valence-electron chi connectivity index (χ3n) is 2.17. The fourth-order valence-corrected chi connectivity index (χ4v) is 2.28. The van der Waals surface area contributed by atoms with Crippen LogP contribution in [0.4, 0.5) is 0 Å². The van der Waals surface area contributed by atoms with Crippen LogP contribution in [0.25, 0.3) is 0 Å². The van der Waals surface area contributed by atoms with Crippen molar-refractivity contribution < 1.29 is 5.11 Å². The summed E-state index contributed by atoms with van der Waals surface area (Å²) in [6.07, 6.45) is 1.02. The number of halogens is 1. The zero-order chi connectivity index (χ0) is 9.84. The van der Waals surface area contributed by atoms with E-state index >= 15 is 0 Å². The molecule has 0 spiro atoms. The maximum atomic E-state index is 9.06. The third kappa shape index (κ3) is 2.44. The highest BCUT2D eigenvalue weighted by Crippen LogP contribution is 2.23. The standard InChI is InChI=1S/C11H14IO/c1-3-9-10(8(2)7-13)5-4-6-11(9)12/h4-6,13H,3,7H2,1-2H3. The van der Waals surface area contributed by atoms with Crippen molar-refractivity contribution in [3.05, 3.63) is 38.8 Å². The van der Waals surface area contributed by atoms with Gasteiger partial charge in [0.1, 0.15) is 0 Å². The number of hydrogen-bond donors (Lipinski definition) is 1. The lowest BCUT2D eigenvalue weighted by atomic mass is 9.95. The summed E-state index contributed by atoms with van der Waals surface area (Å²) in [6, 6.07) is 6.22. The highest BCUT2D eigenvalue weighted by Gasteiger charge is 2.10. The number of aliphatic hydroxyl groups is 1. The van der Waals surface area contributed by atoms with E-state index in [1.807, 2.05) is 13.0 Å². The second-order valence-electron chi connectivity index (χ2n) is 3.06. The minimum absolute atomic E-state index is 0.146. The van der Waals surface area contributed by atoms with Crippen LogP contribution in [0.2, 0.25) is 0 Å². The normalized spacial score (nSPS) is 10.8. The van der Waals surface area contributed by atoms with Crippen molar-refractivity contribution in [2.24, 2.45) is 0 Å². The van der Waals surface area contributed by atoms with Gasteiger partial charge in [0.15, 0.2) is 0 Å². The molecule has 0 heterocycles. The van der Waals surface area contributed by atoms with E-state index in [-0.39, 0.29) is 6.61 Å². The molecule has 0 aliphatic rings. The summed E-state index contributed by atoms with van der Waals surface area (Å²) < 4.78 is 1.28. The van der Waals surface area contributed by atoms with Gasteiger partial charge in [-0.15, -0.1) is 0 Å². The fraction of sp³-hybridized carbons (Fsp3) is 0.364. The first-order chi connectivity index (χ1) is 6.20. The molecule has 1 nitrogen and oxygen atoms in total. The van der Waals surface area contributed by atoms with Crippen LogP contribution in [-0.4, -0.2) is 11.7 Å². The summed E-state index contributed by atoms with van der Waals surface area (Å²) in [5.41, 5.74) is 2.55. The Hall–Kier alpha value is -0.0900. The molecule has 2 heteroatoms. The predicted octanol–water partition coefficient (Wildman–Crippen LogP) is 2.79. The summed E-state index contributed by atoms with van der Waals surface area (Å²) in [5, 5.41) is 9.06. The molecule has 1 radical (unpaired) electrons. The summed E-state index contributed by atoms with van der Waals surface area (Å²) in [6.45, 7) is 4.27. The number of benzene rings is 1. The fourth-order valence-electron chi connectivity index (χ4n) is 1.40. The van der Waals surface area contributed by atoms with Crippen LogP contribution in [0, 0.1) is 9.49 Å². The van der Waals surface area contributed by atoms with Crippen molar-refractivity contribution in [3.63, 3.8) is 0 Å². The van der Waals surface area contributed by atoms with Gasteiger partial charge in [-0.1, -0.05) is 26.0 Å². The highest BCUT2D eigenvalue weighted by atomic mass is 127. The molecule has 13 heavy (non-hydrogen) atoms. The average Bonchev–Trinajstić information content (AvgIpc) is 2.16. The lowest BCUT2D eigenvalue weighted by Gasteiger charge is -2.13. The first kappa shape index (κ1) is 11.0. The van der Waals surface area contributed by atoms with Crippen LogP contribution >= 0.6 is 22.6 Å². The van der Waals surface area contributed by atoms with Crippen LogP contribution < -0.4 is 0 Å². The molecule has 1 N–H and O–H groups in total. The molecule has 0 aliphatic carbocycles. The number of rotatable bonds is 3. The Balaban J connectivity index is 3.12. The topological polar surface area (TPSA) is 20.2 Å². The Morgan fingerprint density at radius 3 is 2.69 bits per heavy atom. The zero-order valence-corrected chi connectivity index (χ0v) is 10.1. The molecule has 0 aliphatic heterocycles. The van der Waals surface area contributed by atoms with Crippen molar-refractivity contribution in [2.75, 3.05) is 6.61 Å². The summed E-state index contributed by atoms with van der Waals surface area (Å²) >= 11 is 2.34. The van der Waals surface area contributed by atoms with Crippen LogP contribution in [0.1, 0.15) is 25.0 Å². The van der Waals surface area contributed by atoms with Gasteiger partial charge in [0.05, 0.1) is 6.61 Å². The van der Waals surface area contributed by atoms with Gasteiger partial charge in [-0.2, -0.15) is 0 Å². The Morgan fingerprint density at radius 1 is 1.46 bits per heavy atom. The van der Waals surface area contributed by atoms with Crippen LogP contribution in [0.15, 0.2) is 18.2 Å². The monoisotopic (exact) mass is 289 g/mol. The summed E-state index contributed by atoms with van der Waals surface area (Å²) in [5.74, 6) is 1.05. The Kier molecular flexibility index (Phi) is 4.19. The van der Waals surface area contributed by atoms with Gasteiger partial charge in [-0.3, -0.25) is 0 Å². The summed E-state index contributed by atoms with van der Waals surface area (Å²) in [4.78, 5) is 0. The molecule has 1 aromatic rings. The molecule has 0 atom stereocenters. The maximum Gasteiger partial charge on any atom is 0.0534 e. The van der Waals surface area contributed by atoms with Crippen molar-refractivity contribution in [1.82, 2.24) is 0 Å². The van der Waals surface area contributed by atoms with Gasteiger partial charge in [0, 0.05) is 9.49 Å². The lowest BCUT2D eigenvalue weighted by Crippen LogP contribution is -2.05. The van der Waals surface area contributed by atoms with E-state index < -0.39 is 0 Å². The third-order valence-corrected chi connectivity index (χ3v) is 3.18. The molecule has 1 aromatic carbocycles. The van der Waals surface area contributed by atoms with Gasteiger partial charge < -0.3 is 5.11 Å². The van der Waals surface area contributed by atoms with E-state index in [2.05, 4.69) is 41.6 Å². The minimum Gasteiger partial charge on any atom is -0.395 e. The van der Waals surface area contributed by atoms with Crippen molar-refractivity contribution in [2.45, 2.75) is 20.3 Å². The number of hydrogen-bond acceptors (Lipinski definition) is 1. The van der Waals surface area contributed by atoms with Crippen molar-refractivity contribution in [3.8, 4) is 0 Å². The predicted molar refractivity (Wildman–Crippen MR) is 63.6 cm³/mol. The molecule has 0 saturated carbocycles. The van der Waals surface area contributed by atoms with E-state index in [4.69, 9.17) is 5.11 Å². The van der Waals surface area contributed by atoms with E-state index in [9.17, 15) is 0 Å². The molecule has 0 amide bonds. The van der Waals surface area contributed by atoms with Gasteiger partial charge >= 0.3 is 0 Å². The molecular weight excluding hydrogens is 275 g/mol. The molecule has 71 valence electrons. The average molecular weight is 289 g/mol. The Labute approximate surface area is 93.3 Å². The lowest BCUT2D eigenvalue weighted by molar-refractivity contribution is 0.314. The Morgan fingerprint density at radius 2 is 2.15 bits per heavy atom. The van der Waals surface area contributed by atoms with Crippen LogP contribution in [0.5, 0.6) is 0 Å². The SMILES string of the molecule is CCc1c(I)cccc1[C](C)CO. The van der Waals surface area contributed by atoms with Gasteiger partial charge in [0.2, 0.25) is 0 Å². The van der Waals surface area contributed by atoms with Crippen LogP contribution in [0.3, 0.4) is 0 Å². The molecule has 0 aromatic heterocycles. The van der Waals surface area contributed by atoms with Crippen molar-refractivity contribution >= 4 is 22.6 Å².